The van der Waals surface area contributed by atoms with Crippen LogP contribution in [0.2, 0.25) is 0 Å². The minimum absolute atomic E-state index is 0.167. The number of aryl methyl sites for hydroxylation is 1. The van der Waals surface area contributed by atoms with Gasteiger partial charge >= 0.3 is 6.03 Å². The number of anilines is 2. The average Bonchev–Trinajstić information content (AvgIpc) is 2.48. The average molecular weight is 266 g/mol. The maximum Gasteiger partial charge on any atom is 0.326 e. The normalized spacial score (nSPS) is 9.85. The first-order valence-corrected chi connectivity index (χ1v) is 6.52. The third-order valence-corrected chi connectivity index (χ3v) is 2.93. The van der Waals surface area contributed by atoms with Crippen LogP contribution >= 0.6 is 0 Å². The van der Waals surface area contributed by atoms with Crippen molar-refractivity contribution in [3.05, 3.63) is 72.8 Å². The van der Waals surface area contributed by atoms with Gasteiger partial charge in [-0.2, -0.15) is 0 Å². The molecule has 0 bridgehead atoms. The first-order chi connectivity index (χ1) is 9.70. The maximum absolute atomic E-state index is 12.4. The van der Waals surface area contributed by atoms with Crippen LogP contribution < -0.4 is 10.2 Å². The van der Waals surface area contributed by atoms with E-state index in [1.807, 2.05) is 61.5 Å². The molecule has 3 nitrogen and oxygen atoms in total. The molecule has 102 valence electrons. The van der Waals surface area contributed by atoms with Gasteiger partial charge in [0.05, 0.1) is 0 Å². The fourth-order valence-electron chi connectivity index (χ4n) is 1.87. The van der Waals surface area contributed by atoms with E-state index in [0.717, 1.165) is 16.9 Å². The quantitative estimate of drug-likeness (QED) is 0.826. The Morgan fingerprint density at radius 2 is 1.80 bits per heavy atom. The smallest absolute Gasteiger partial charge is 0.308 e. The molecule has 0 aliphatic heterocycles. The highest BCUT2D eigenvalue weighted by molar-refractivity contribution is 6.01. The van der Waals surface area contributed by atoms with E-state index in [-0.39, 0.29) is 6.03 Å². The Labute approximate surface area is 119 Å². The molecule has 2 amide bonds. The van der Waals surface area contributed by atoms with Crippen molar-refractivity contribution in [1.29, 1.82) is 0 Å². The van der Waals surface area contributed by atoms with Crippen molar-refractivity contribution in [1.82, 2.24) is 0 Å². The molecule has 0 aromatic heterocycles. The zero-order chi connectivity index (χ0) is 14.4. The van der Waals surface area contributed by atoms with Gasteiger partial charge < -0.3 is 5.32 Å². The molecule has 0 fully saturated rings. The summed E-state index contributed by atoms with van der Waals surface area (Å²) in [5.74, 6) is 0. The first-order valence-electron chi connectivity index (χ1n) is 6.52. The summed E-state index contributed by atoms with van der Waals surface area (Å²) in [7, 11) is 0. The molecule has 0 unspecified atom stereocenters. The highest BCUT2D eigenvalue weighted by Crippen LogP contribution is 2.16. The molecular formula is C17H18N2O. The third kappa shape index (κ3) is 3.48. The predicted octanol–water partition coefficient (Wildman–Crippen LogP) is 4.22. The van der Waals surface area contributed by atoms with Gasteiger partial charge in [0.1, 0.15) is 0 Å². The molecule has 0 atom stereocenters. The van der Waals surface area contributed by atoms with E-state index in [4.69, 9.17) is 0 Å². The number of rotatable bonds is 4. The lowest BCUT2D eigenvalue weighted by molar-refractivity contribution is 0.257. The van der Waals surface area contributed by atoms with E-state index in [2.05, 4.69) is 11.9 Å². The number of carbonyl (C=O) groups is 1. The molecule has 0 aliphatic carbocycles. The van der Waals surface area contributed by atoms with Crippen LogP contribution in [0.3, 0.4) is 0 Å². The second-order valence-electron chi connectivity index (χ2n) is 4.53. The van der Waals surface area contributed by atoms with Crippen molar-refractivity contribution >= 4 is 17.4 Å². The van der Waals surface area contributed by atoms with Crippen LogP contribution in [-0.4, -0.2) is 12.6 Å². The Kier molecular flexibility index (Phi) is 4.56. The molecular weight excluding hydrogens is 248 g/mol. The van der Waals surface area contributed by atoms with Crippen molar-refractivity contribution < 1.29 is 4.79 Å². The van der Waals surface area contributed by atoms with Crippen LogP contribution in [0.1, 0.15) is 5.56 Å². The molecule has 1 N–H and O–H groups in total. The van der Waals surface area contributed by atoms with E-state index in [0.29, 0.717) is 6.54 Å². The topological polar surface area (TPSA) is 32.3 Å². The predicted molar refractivity (Wildman–Crippen MR) is 84.2 cm³/mol. The molecule has 0 aliphatic rings. The van der Waals surface area contributed by atoms with Gasteiger partial charge in [-0.05, 0) is 31.2 Å². The number of carbonyl (C=O) groups excluding carboxylic acids is 1. The first kappa shape index (κ1) is 13.9. The minimum atomic E-state index is -0.167. The van der Waals surface area contributed by atoms with E-state index in [1.54, 1.807) is 11.0 Å². The number of hydrogen-bond donors (Lipinski definition) is 1. The van der Waals surface area contributed by atoms with Crippen LogP contribution in [0.4, 0.5) is 16.2 Å². The number of nitrogens with one attached hydrogen (secondary N) is 1. The second-order valence-corrected chi connectivity index (χ2v) is 4.53. The summed E-state index contributed by atoms with van der Waals surface area (Å²) in [6, 6.07) is 17.1. The monoisotopic (exact) mass is 266 g/mol. The summed E-state index contributed by atoms with van der Waals surface area (Å²) in [4.78, 5) is 14.0. The number of hydrogen-bond acceptors (Lipinski definition) is 1. The van der Waals surface area contributed by atoms with Crippen LogP contribution in [0.25, 0.3) is 0 Å². The van der Waals surface area contributed by atoms with Crippen LogP contribution in [0.5, 0.6) is 0 Å². The molecule has 0 radical (unpaired) electrons. The van der Waals surface area contributed by atoms with E-state index < -0.39 is 0 Å². The molecule has 0 spiro atoms. The standard InChI is InChI=1S/C17H18N2O/c1-3-13-19(16-7-5-4-6-8-16)17(20)18-15-11-9-14(2)10-12-15/h3-12H,1,13H2,2H3,(H,18,20). The largest absolute Gasteiger partial charge is 0.326 e. The second kappa shape index (κ2) is 6.57. The lowest BCUT2D eigenvalue weighted by Gasteiger charge is -2.21. The Morgan fingerprint density at radius 3 is 2.40 bits per heavy atom. The van der Waals surface area contributed by atoms with E-state index in [9.17, 15) is 4.79 Å². The van der Waals surface area contributed by atoms with Gasteiger partial charge in [0.2, 0.25) is 0 Å². The molecule has 3 heteroatoms. The van der Waals surface area contributed by atoms with Crippen LogP contribution in [-0.2, 0) is 0 Å². The molecule has 2 aromatic rings. The number of benzene rings is 2. The van der Waals surface area contributed by atoms with Gasteiger partial charge in [0.25, 0.3) is 0 Å². The van der Waals surface area contributed by atoms with Crippen molar-refractivity contribution in [2.75, 3.05) is 16.8 Å². The Bertz CT molecular complexity index is 576. The van der Waals surface area contributed by atoms with Crippen molar-refractivity contribution in [2.45, 2.75) is 6.92 Å². The Balaban J connectivity index is 2.15. The highest BCUT2D eigenvalue weighted by atomic mass is 16.2. The zero-order valence-corrected chi connectivity index (χ0v) is 11.5. The summed E-state index contributed by atoms with van der Waals surface area (Å²) >= 11 is 0. The fraction of sp³-hybridized carbons (Fsp3) is 0.118. The van der Waals surface area contributed by atoms with Crippen molar-refractivity contribution in [3.8, 4) is 0 Å². The minimum Gasteiger partial charge on any atom is -0.308 e. The molecule has 0 saturated heterocycles. The van der Waals surface area contributed by atoms with Crippen molar-refractivity contribution in [3.63, 3.8) is 0 Å². The van der Waals surface area contributed by atoms with Crippen LogP contribution in [0, 0.1) is 6.92 Å². The number of nitrogens with zero attached hydrogens (tertiary/aromatic N) is 1. The lowest BCUT2D eigenvalue weighted by atomic mass is 10.2. The molecule has 2 rings (SSSR count). The summed E-state index contributed by atoms with van der Waals surface area (Å²) < 4.78 is 0. The van der Waals surface area contributed by atoms with Gasteiger partial charge in [-0.25, -0.2) is 4.79 Å². The van der Waals surface area contributed by atoms with Crippen LogP contribution in [0.15, 0.2) is 67.3 Å². The van der Waals surface area contributed by atoms with E-state index >= 15 is 0 Å². The molecule has 0 saturated carbocycles. The van der Waals surface area contributed by atoms with Gasteiger partial charge in [-0.3, -0.25) is 4.90 Å². The summed E-state index contributed by atoms with van der Waals surface area (Å²) in [5, 5.41) is 2.89. The maximum atomic E-state index is 12.4. The SMILES string of the molecule is C=CCN(C(=O)Nc1ccc(C)cc1)c1ccccc1. The van der Waals surface area contributed by atoms with Gasteiger partial charge in [-0.15, -0.1) is 6.58 Å². The van der Waals surface area contributed by atoms with Crippen molar-refractivity contribution in [2.24, 2.45) is 0 Å². The number of urea groups is 1. The fourth-order valence-corrected chi connectivity index (χ4v) is 1.87. The molecule has 0 heterocycles. The highest BCUT2D eigenvalue weighted by Gasteiger charge is 2.13. The third-order valence-electron chi connectivity index (χ3n) is 2.93. The summed E-state index contributed by atoms with van der Waals surface area (Å²) in [6.45, 7) is 6.18. The summed E-state index contributed by atoms with van der Waals surface area (Å²) in [6.07, 6.45) is 1.71. The van der Waals surface area contributed by atoms with Gasteiger partial charge in [0, 0.05) is 17.9 Å². The summed E-state index contributed by atoms with van der Waals surface area (Å²) in [5.41, 5.74) is 2.79. The van der Waals surface area contributed by atoms with E-state index in [1.165, 1.54) is 0 Å². The molecule has 20 heavy (non-hydrogen) atoms. The lowest BCUT2D eigenvalue weighted by Crippen LogP contribution is -2.35. The number of amides is 2. The van der Waals surface area contributed by atoms with Gasteiger partial charge in [0.15, 0.2) is 0 Å². The molecule has 2 aromatic carbocycles. The Morgan fingerprint density at radius 1 is 1.15 bits per heavy atom. The zero-order valence-electron chi connectivity index (χ0n) is 11.5. The Hall–Kier alpha value is -2.55. The van der Waals surface area contributed by atoms with Gasteiger partial charge in [-0.1, -0.05) is 42.0 Å². The number of para-hydroxylation sites is 1.